The number of rotatable bonds is 7. The van der Waals surface area contributed by atoms with Gasteiger partial charge in [-0.15, -0.1) is 17.7 Å². The summed E-state index contributed by atoms with van der Waals surface area (Å²) in [4.78, 5) is 19.9. The van der Waals surface area contributed by atoms with Crippen molar-refractivity contribution in [3.63, 3.8) is 0 Å². The van der Waals surface area contributed by atoms with Crippen molar-refractivity contribution in [3.8, 4) is 39.6 Å². The van der Waals surface area contributed by atoms with Gasteiger partial charge < -0.3 is 8.98 Å². The molecule has 1 fully saturated rings. The van der Waals surface area contributed by atoms with Gasteiger partial charge in [-0.3, -0.25) is 9.97 Å². The molecule has 0 amide bonds. The Hall–Kier alpha value is -5.73. The van der Waals surface area contributed by atoms with Gasteiger partial charge in [-0.05, 0) is 91.4 Å². The maximum Gasteiger partial charge on any atom is 0 e. The molecule has 11 rings (SSSR count). The summed E-state index contributed by atoms with van der Waals surface area (Å²) in [5.74, 6) is 9.08. The molecule has 351 valence electrons. The predicted molar refractivity (Wildman–Crippen MR) is 286 cm³/mol. The Kier molecular flexibility index (Phi) is 13.5. The van der Waals surface area contributed by atoms with Crippen LogP contribution in [0.3, 0.4) is 0 Å². The van der Waals surface area contributed by atoms with E-state index >= 15 is 0 Å². The minimum Gasteiger partial charge on any atom is 0 e. The summed E-state index contributed by atoms with van der Waals surface area (Å²) in [6.07, 6.45) is 9.08. The summed E-state index contributed by atoms with van der Waals surface area (Å²) in [5.41, 5.74) is 17.6. The molecule has 69 heavy (non-hydrogen) atoms. The van der Waals surface area contributed by atoms with Crippen molar-refractivity contribution in [2.75, 3.05) is 0 Å². The van der Waals surface area contributed by atoms with E-state index in [0.717, 1.165) is 95.1 Å². The summed E-state index contributed by atoms with van der Waals surface area (Å²) in [5, 5.41) is 3.07. The predicted octanol–water partition coefficient (Wildman–Crippen LogP) is 15.4. The zero-order valence-electron chi connectivity index (χ0n) is 41.6. The standard InChI is InChI=1S/C41H35N4O.C20H26GeN.Ir/c1-23-9-8-10-24(2)35(23)33-20-19-30-36-25(3)11-17-31(38(36)46-40(30)44-33)39-43-34-22-21-32-29(18-12-26(4)42-32)37(34)45(39)28-15-13-27(14-16-28)41(5,6)7;1-21(2,3)19-15-22-20(17-11-5-4-6-12-17)14-18(19)13-16-9-7-8-10-16;/h8-16,18-22H,1-7H3;4-6,11,14-16H,7-10,13H2,1-3H3;/q2*-1;. The van der Waals surface area contributed by atoms with E-state index in [1.54, 1.807) is 9.96 Å². The molecule has 0 bridgehead atoms. The second-order valence-corrected chi connectivity index (χ2v) is 31.7. The number of aromatic nitrogens is 5. The Balaban J connectivity index is 0.000000217. The van der Waals surface area contributed by atoms with E-state index in [4.69, 9.17) is 24.4 Å². The molecule has 0 atom stereocenters. The van der Waals surface area contributed by atoms with Gasteiger partial charge in [0, 0.05) is 47.8 Å². The van der Waals surface area contributed by atoms with Crippen molar-refractivity contribution in [1.82, 2.24) is 24.5 Å². The summed E-state index contributed by atoms with van der Waals surface area (Å²) in [7, 11) is 0. The van der Waals surface area contributed by atoms with Gasteiger partial charge in [-0.2, -0.15) is 0 Å². The van der Waals surface area contributed by atoms with Gasteiger partial charge in [0.05, 0.1) is 33.7 Å². The maximum atomic E-state index is 6.71. The molecule has 8 heteroatoms. The number of furan rings is 1. The third kappa shape index (κ3) is 9.51. The van der Waals surface area contributed by atoms with Crippen molar-refractivity contribution in [2.24, 2.45) is 5.92 Å². The SMILES string of the molecule is Cc1ccc2c(ccc3nc(-c4[c-]cc(C)c5c4oc4nc(-c6c(C)cccc6C)ccc45)n(-c4ccc(C(C)(C)C)cc4)c32)n1.[CH3][Ge]([CH3])([CH3])[c]1cnc(-c2[c-]cccc2)cc1CC1CCCC1.[Ir]. The van der Waals surface area contributed by atoms with E-state index in [-0.39, 0.29) is 25.5 Å². The molecule has 1 radical (unpaired) electrons. The van der Waals surface area contributed by atoms with Crippen LogP contribution in [-0.2, 0) is 31.9 Å². The Bertz CT molecular complexity index is 3480. The second kappa shape index (κ2) is 19.2. The van der Waals surface area contributed by atoms with E-state index in [0.29, 0.717) is 5.71 Å². The van der Waals surface area contributed by atoms with Gasteiger partial charge in [-0.1, -0.05) is 69.0 Å². The van der Waals surface area contributed by atoms with E-state index in [2.05, 4.69) is 179 Å². The van der Waals surface area contributed by atoms with E-state index in [1.807, 2.05) is 25.1 Å². The molecule has 5 heterocycles. The first kappa shape index (κ1) is 48.3. The Morgan fingerprint density at radius 3 is 2.14 bits per heavy atom. The summed E-state index contributed by atoms with van der Waals surface area (Å²) < 4.78 is 10.5. The van der Waals surface area contributed by atoms with Crippen LogP contribution in [-0.4, -0.2) is 37.8 Å². The molecule has 0 N–H and O–H groups in total. The summed E-state index contributed by atoms with van der Waals surface area (Å²) in [6, 6.07) is 47.2. The minimum atomic E-state index is -1.87. The molecular formula is C61H61GeIrN5O-2. The number of aryl methyl sites for hydroxylation is 4. The first-order valence-corrected chi connectivity index (χ1v) is 31.6. The monoisotopic (exact) mass is 1150 g/mol. The largest absolute Gasteiger partial charge is 0 e. The van der Waals surface area contributed by atoms with Gasteiger partial charge in [0.25, 0.3) is 0 Å². The molecule has 0 spiro atoms. The minimum absolute atomic E-state index is 0. The summed E-state index contributed by atoms with van der Waals surface area (Å²) in [6.45, 7) is 15.1. The van der Waals surface area contributed by atoms with E-state index in [1.165, 1.54) is 48.8 Å². The number of hydrogen-bond acceptors (Lipinski definition) is 5. The van der Waals surface area contributed by atoms with Crippen LogP contribution in [0.25, 0.3) is 83.6 Å². The molecule has 10 aromatic rings. The zero-order chi connectivity index (χ0) is 47.5. The first-order chi connectivity index (χ1) is 32.6. The number of pyridine rings is 3. The van der Waals surface area contributed by atoms with Crippen LogP contribution < -0.4 is 4.40 Å². The van der Waals surface area contributed by atoms with Crippen LogP contribution in [0.4, 0.5) is 0 Å². The molecule has 5 aromatic heterocycles. The zero-order valence-corrected chi connectivity index (χ0v) is 46.1. The third-order valence-electron chi connectivity index (χ3n) is 14.0. The number of benzene rings is 5. The second-order valence-electron chi connectivity index (χ2n) is 21.1. The van der Waals surface area contributed by atoms with Crippen molar-refractivity contribution in [1.29, 1.82) is 0 Å². The Morgan fingerprint density at radius 1 is 0.725 bits per heavy atom. The van der Waals surface area contributed by atoms with Crippen molar-refractivity contribution in [2.45, 2.75) is 103 Å². The van der Waals surface area contributed by atoms with Crippen molar-refractivity contribution < 1.29 is 24.5 Å². The average Bonchev–Trinajstić information content (AvgIpc) is 4.07. The van der Waals surface area contributed by atoms with Crippen LogP contribution in [0.15, 0.2) is 126 Å². The maximum absolute atomic E-state index is 6.71. The molecular weight excluding hydrogens is 1080 g/mol. The number of nitrogens with zero attached hydrogens (tertiary/aromatic N) is 5. The Labute approximate surface area is 423 Å². The number of hydrogen-bond donors (Lipinski definition) is 0. The molecule has 1 aliphatic carbocycles. The van der Waals surface area contributed by atoms with Gasteiger partial charge >= 0.3 is 137 Å². The average molecular weight is 1150 g/mol. The topological polar surface area (TPSA) is 69.6 Å². The van der Waals surface area contributed by atoms with Crippen LogP contribution in [0, 0.1) is 45.7 Å². The van der Waals surface area contributed by atoms with Gasteiger partial charge in [0.1, 0.15) is 0 Å². The van der Waals surface area contributed by atoms with Crippen molar-refractivity contribution in [3.05, 3.63) is 167 Å². The fraction of sp³-hybridized carbons (Fsp3) is 0.279. The first-order valence-electron chi connectivity index (χ1n) is 24.3. The van der Waals surface area contributed by atoms with Gasteiger partial charge in [0.2, 0.25) is 5.71 Å². The third-order valence-corrected chi connectivity index (χ3v) is 18.3. The smallest absolute Gasteiger partial charge is 0 e. The fourth-order valence-electron chi connectivity index (χ4n) is 10.4. The van der Waals surface area contributed by atoms with E-state index in [9.17, 15) is 0 Å². The molecule has 0 aliphatic heterocycles. The molecule has 0 saturated heterocycles. The molecule has 0 unspecified atom stereocenters. The van der Waals surface area contributed by atoms with Crippen LogP contribution >= 0.6 is 0 Å². The number of imidazole rings is 1. The van der Waals surface area contributed by atoms with Gasteiger partial charge in [0.15, 0.2) is 0 Å². The van der Waals surface area contributed by atoms with Crippen LogP contribution in [0.5, 0.6) is 0 Å². The van der Waals surface area contributed by atoms with Crippen molar-refractivity contribution >= 4 is 61.7 Å². The molecule has 1 aliphatic rings. The number of fused-ring (bicyclic) bond motifs is 6. The van der Waals surface area contributed by atoms with Crippen LogP contribution in [0.2, 0.25) is 17.3 Å². The van der Waals surface area contributed by atoms with Gasteiger partial charge in [-0.25, -0.2) is 4.98 Å². The van der Waals surface area contributed by atoms with Crippen LogP contribution in [0.1, 0.15) is 80.0 Å². The van der Waals surface area contributed by atoms with E-state index < -0.39 is 13.3 Å². The molecule has 5 aromatic carbocycles. The summed E-state index contributed by atoms with van der Waals surface area (Å²) >= 11 is -1.87. The Morgan fingerprint density at radius 2 is 1.45 bits per heavy atom. The normalized spacial score (nSPS) is 13.3. The molecule has 6 nitrogen and oxygen atoms in total. The molecule has 1 saturated carbocycles. The fourth-order valence-corrected chi connectivity index (χ4v) is 13.7. The quantitative estimate of drug-likeness (QED) is 0.117.